The van der Waals surface area contributed by atoms with Crippen molar-refractivity contribution in [2.75, 3.05) is 13.1 Å². The summed E-state index contributed by atoms with van der Waals surface area (Å²) in [5.41, 5.74) is 0. The average Bonchev–Trinajstić information content (AvgIpc) is 2.87. The Morgan fingerprint density at radius 3 is 1.08 bits per heavy atom. The van der Waals surface area contributed by atoms with Crippen LogP contribution in [-0.2, 0) is 4.79 Å². The number of hydrogen-bond acceptors (Lipinski definition) is 3. The maximum Gasteiger partial charge on any atom is 1.00 e. The van der Waals surface area contributed by atoms with Gasteiger partial charge in [-0.3, -0.25) is 0 Å². The van der Waals surface area contributed by atoms with Crippen molar-refractivity contribution in [3.63, 3.8) is 0 Å². The number of nitrogens with zero attached hydrogens (tertiary/aromatic N) is 1. The first-order valence-corrected chi connectivity index (χ1v) is 16.6. The van der Waals surface area contributed by atoms with E-state index in [0.29, 0.717) is 6.04 Å². The molecule has 0 fully saturated rings. The normalized spacial score (nSPS) is 12.1. The molecular formula is C33H66KNO2. The Kier molecular flexibility index (Phi) is 36.2. The minimum Gasteiger partial charge on any atom is -0.550 e. The third-order valence-electron chi connectivity index (χ3n) is 7.99. The SMILES string of the molecule is CCCCCCCCCCCCCCN(CCCCCCCCCCCCCC)C(C)CCC(=O)[O-].[K+]. The number of carbonyl (C=O) groups is 1. The van der Waals surface area contributed by atoms with Crippen molar-refractivity contribution in [2.45, 2.75) is 194 Å². The second-order valence-electron chi connectivity index (χ2n) is 11.6. The molecule has 0 heterocycles. The number of hydrogen-bond donors (Lipinski definition) is 0. The molecule has 37 heavy (non-hydrogen) atoms. The van der Waals surface area contributed by atoms with E-state index in [4.69, 9.17) is 0 Å². The summed E-state index contributed by atoms with van der Waals surface area (Å²) in [4.78, 5) is 13.5. The molecule has 0 radical (unpaired) electrons. The predicted octanol–water partition coefficient (Wildman–Crippen LogP) is 6.61. The fourth-order valence-electron chi connectivity index (χ4n) is 5.37. The minimum atomic E-state index is -0.905. The van der Waals surface area contributed by atoms with Gasteiger partial charge in [0.2, 0.25) is 0 Å². The number of carbonyl (C=O) groups excluding carboxylic acids is 1. The van der Waals surface area contributed by atoms with Gasteiger partial charge in [-0.15, -0.1) is 0 Å². The number of unbranched alkanes of at least 4 members (excludes halogenated alkanes) is 22. The van der Waals surface area contributed by atoms with Gasteiger partial charge in [-0.25, -0.2) is 0 Å². The zero-order valence-electron chi connectivity index (χ0n) is 26.1. The Morgan fingerprint density at radius 2 is 0.811 bits per heavy atom. The van der Waals surface area contributed by atoms with Crippen LogP contribution >= 0.6 is 0 Å². The quantitative estimate of drug-likeness (QED) is 0.0750. The van der Waals surface area contributed by atoms with Gasteiger partial charge in [-0.2, -0.15) is 0 Å². The monoisotopic (exact) mass is 547 g/mol. The van der Waals surface area contributed by atoms with Crippen molar-refractivity contribution in [1.29, 1.82) is 0 Å². The van der Waals surface area contributed by atoms with Crippen molar-refractivity contribution >= 4 is 5.97 Å². The molecule has 1 atom stereocenters. The van der Waals surface area contributed by atoms with E-state index in [-0.39, 0.29) is 57.8 Å². The van der Waals surface area contributed by atoms with Crippen LogP contribution in [0.3, 0.4) is 0 Å². The molecule has 0 rings (SSSR count). The molecule has 0 amide bonds. The molecule has 4 heteroatoms. The molecular weight excluding hydrogens is 481 g/mol. The van der Waals surface area contributed by atoms with E-state index >= 15 is 0 Å². The van der Waals surface area contributed by atoms with Crippen LogP contribution in [0.5, 0.6) is 0 Å². The summed E-state index contributed by atoms with van der Waals surface area (Å²) < 4.78 is 0. The minimum absolute atomic E-state index is 0. The molecule has 0 aromatic heterocycles. The summed E-state index contributed by atoms with van der Waals surface area (Å²) in [6.07, 6.45) is 34.1. The van der Waals surface area contributed by atoms with E-state index in [9.17, 15) is 9.90 Å². The van der Waals surface area contributed by atoms with Crippen LogP contribution < -0.4 is 56.5 Å². The van der Waals surface area contributed by atoms with E-state index < -0.39 is 5.97 Å². The topological polar surface area (TPSA) is 43.4 Å². The van der Waals surface area contributed by atoms with E-state index in [1.54, 1.807) is 0 Å². The molecule has 0 N–H and O–H groups in total. The molecule has 0 bridgehead atoms. The van der Waals surface area contributed by atoms with Crippen molar-refractivity contribution in [3.8, 4) is 0 Å². The molecule has 0 saturated heterocycles. The van der Waals surface area contributed by atoms with Gasteiger partial charge in [0.05, 0.1) is 0 Å². The van der Waals surface area contributed by atoms with E-state index in [1.165, 1.54) is 154 Å². The Morgan fingerprint density at radius 1 is 0.541 bits per heavy atom. The fraction of sp³-hybridized carbons (Fsp3) is 0.970. The summed E-state index contributed by atoms with van der Waals surface area (Å²) in [5, 5.41) is 10.9. The maximum absolute atomic E-state index is 10.9. The molecule has 0 saturated carbocycles. The Balaban J connectivity index is 0. The molecule has 0 spiro atoms. The second kappa shape index (κ2) is 33.3. The van der Waals surface area contributed by atoms with Gasteiger partial charge < -0.3 is 14.8 Å². The summed E-state index contributed by atoms with van der Waals surface area (Å²) in [6, 6.07) is 0.350. The first kappa shape index (κ1) is 40.2. The van der Waals surface area contributed by atoms with Crippen molar-refractivity contribution < 1.29 is 61.3 Å². The van der Waals surface area contributed by atoms with E-state index in [0.717, 1.165) is 19.5 Å². The summed E-state index contributed by atoms with van der Waals surface area (Å²) >= 11 is 0. The summed E-state index contributed by atoms with van der Waals surface area (Å²) in [7, 11) is 0. The van der Waals surface area contributed by atoms with Crippen molar-refractivity contribution in [2.24, 2.45) is 0 Å². The first-order valence-electron chi connectivity index (χ1n) is 16.6. The number of carboxylic acids is 1. The molecule has 3 nitrogen and oxygen atoms in total. The van der Waals surface area contributed by atoms with Gasteiger partial charge in [0.25, 0.3) is 0 Å². The molecule has 0 aliphatic rings. The number of carboxylic acid groups (broad SMARTS) is 1. The average molecular weight is 548 g/mol. The molecule has 0 aromatic rings. The Labute approximate surface area is 276 Å². The zero-order chi connectivity index (χ0) is 26.5. The fourth-order valence-corrected chi connectivity index (χ4v) is 5.37. The molecule has 0 aliphatic carbocycles. The second-order valence-corrected chi connectivity index (χ2v) is 11.6. The standard InChI is InChI=1S/C33H67NO2.K/c1-4-6-8-10-12-14-16-18-20-22-24-26-30-34(32(3)28-29-33(35)36)31-27-25-23-21-19-17-15-13-11-9-7-5-2;/h32H,4-31H2,1-3H3,(H,35,36);/q;+1/p-1. The molecule has 216 valence electrons. The molecule has 0 aromatic carbocycles. The maximum atomic E-state index is 10.9. The Bertz CT molecular complexity index is 418. The van der Waals surface area contributed by atoms with Gasteiger partial charge >= 0.3 is 51.4 Å². The largest absolute Gasteiger partial charge is 1.00 e. The molecule has 0 aliphatic heterocycles. The van der Waals surface area contributed by atoms with Crippen LogP contribution in [-0.4, -0.2) is 30.0 Å². The molecule has 1 unspecified atom stereocenters. The van der Waals surface area contributed by atoms with Crippen LogP contribution in [0.25, 0.3) is 0 Å². The van der Waals surface area contributed by atoms with Crippen LogP contribution in [0.15, 0.2) is 0 Å². The van der Waals surface area contributed by atoms with E-state index in [2.05, 4.69) is 25.7 Å². The smallest absolute Gasteiger partial charge is 0.550 e. The van der Waals surface area contributed by atoms with Crippen LogP contribution in [0.1, 0.15) is 188 Å². The number of aliphatic carboxylic acids is 1. The van der Waals surface area contributed by atoms with Crippen molar-refractivity contribution in [1.82, 2.24) is 4.90 Å². The summed E-state index contributed by atoms with van der Waals surface area (Å²) in [6.45, 7) is 9.04. The summed E-state index contributed by atoms with van der Waals surface area (Å²) in [5.74, 6) is -0.905. The van der Waals surface area contributed by atoms with Crippen LogP contribution in [0, 0.1) is 0 Å². The van der Waals surface area contributed by atoms with Gasteiger partial charge in [-0.1, -0.05) is 155 Å². The predicted molar refractivity (Wildman–Crippen MR) is 157 cm³/mol. The van der Waals surface area contributed by atoms with Gasteiger partial charge in [0.15, 0.2) is 0 Å². The number of rotatable bonds is 30. The van der Waals surface area contributed by atoms with Crippen LogP contribution in [0.4, 0.5) is 0 Å². The Hall–Kier alpha value is 1.07. The third kappa shape index (κ3) is 31.5. The van der Waals surface area contributed by atoms with Crippen molar-refractivity contribution in [3.05, 3.63) is 0 Å². The first-order chi connectivity index (χ1) is 17.6. The van der Waals surface area contributed by atoms with Gasteiger partial charge in [0.1, 0.15) is 0 Å². The van der Waals surface area contributed by atoms with Crippen LogP contribution in [0.2, 0.25) is 0 Å². The van der Waals surface area contributed by atoms with E-state index in [1.807, 2.05) is 0 Å². The van der Waals surface area contributed by atoms with Gasteiger partial charge in [0, 0.05) is 12.0 Å². The van der Waals surface area contributed by atoms with Gasteiger partial charge in [-0.05, 0) is 45.7 Å². The zero-order valence-corrected chi connectivity index (χ0v) is 29.3. The third-order valence-corrected chi connectivity index (χ3v) is 7.99.